The zero-order chi connectivity index (χ0) is 15.9. The molecule has 2 rings (SSSR count). The van der Waals surface area contributed by atoms with Crippen LogP contribution in [0.4, 0.5) is 0 Å². The molecular weight excluding hydrogens is 366 g/mol. The number of hydrogen-bond acceptors (Lipinski definition) is 3. The number of nitrogens with zero attached hydrogens (tertiary/aromatic N) is 1. The molecule has 116 valence electrons. The number of hydrogen-bond donors (Lipinski definition) is 1. The lowest BCUT2D eigenvalue weighted by Gasteiger charge is -2.21. The molecule has 0 saturated heterocycles. The van der Waals surface area contributed by atoms with Gasteiger partial charge in [0.15, 0.2) is 0 Å². The molecule has 0 atom stereocenters. The first-order chi connectivity index (χ1) is 10.5. The second kappa shape index (κ2) is 8.10. The highest BCUT2D eigenvalue weighted by Crippen LogP contribution is 2.15. The quantitative estimate of drug-likeness (QED) is 0.797. The number of carboxylic acid groups (broad SMARTS) is 1. The zero-order valence-corrected chi connectivity index (χ0v) is 14.3. The molecule has 0 spiro atoms. The summed E-state index contributed by atoms with van der Waals surface area (Å²) in [6, 6.07) is 9.51. The Hall–Kier alpha value is -1.66. The van der Waals surface area contributed by atoms with Crippen LogP contribution in [0.25, 0.3) is 0 Å². The van der Waals surface area contributed by atoms with Gasteiger partial charge in [-0.05, 0) is 46.5 Å². The lowest BCUT2D eigenvalue weighted by atomic mass is 10.1. The van der Waals surface area contributed by atoms with Crippen LogP contribution in [0, 0.1) is 0 Å². The smallest absolute Gasteiger partial charge is 0.323 e. The van der Waals surface area contributed by atoms with E-state index in [1.807, 2.05) is 41.1 Å². The molecule has 0 radical (unpaired) electrons. The fourth-order valence-corrected chi connectivity index (χ4v) is 3.25. The van der Waals surface area contributed by atoms with E-state index in [0.717, 1.165) is 15.6 Å². The Morgan fingerprint density at radius 1 is 1.23 bits per heavy atom. The summed E-state index contributed by atoms with van der Waals surface area (Å²) in [6.07, 6.45) is 0.953. The van der Waals surface area contributed by atoms with Crippen LogP contribution in [0.2, 0.25) is 0 Å². The maximum atomic E-state index is 12.3. The van der Waals surface area contributed by atoms with Crippen LogP contribution in [-0.4, -0.2) is 28.4 Å². The summed E-state index contributed by atoms with van der Waals surface area (Å²) in [5, 5.41) is 13.0. The van der Waals surface area contributed by atoms with Crippen molar-refractivity contribution in [2.45, 2.75) is 19.4 Å². The van der Waals surface area contributed by atoms with Gasteiger partial charge < -0.3 is 10.0 Å². The lowest BCUT2D eigenvalue weighted by molar-refractivity contribution is -0.144. The Kier molecular flexibility index (Phi) is 6.15. The van der Waals surface area contributed by atoms with Crippen molar-refractivity contribution in [3.8, 4) is 0 Å². The Balaban J connectivity index is 2.01. The third-order valence-corrected chi connectivity index (χ3v) is 4.37. The average Bonchev–Trinajstić information content (AvgIpc) is 2.97. The number of carboxylic acids is 1. The zero-order valence-electron chi connectivity index (χ0n) is 11.9. The first-order valence-electron chi connectivity index (χ1n) is 6.79. The van der Waals surface area contributed by atoms with E-state index in [4.69, 9.17) is 5.11 Å². The first-order valence-corrected chi connectivity index (χ1v) is 8.53. The van der Waals surface area contributed by atoms with Gasteiger partial charge in [-0.1, -0.05) is 28.1 Å². The van der Waals surface area contributed by atoms with E-state index in [-0.39, 0.29) is 12.5 Å². The van der Waals surface area contributed by atoms with Crippen LogP contribution >= 0.6 is 27.3 Å². The number of amides is 1. The van der Waals surface area contributed by atoms with Crippen LogP contribution < -0.4 is 0 Å². The highest BCUT2D eigenvalue weighted by Gasteiger charge is 2.17. The van der Waals surface area contributed by atoms with Crippen molar-refractivity contribution in [3.63, 3.8) is 0 Å². The van der Waals surface area contributed by atoms with E-state index >= 15 is 0 Å². The summed E-state index contributed by atoms with van der Waals surface area (Å²) in [5.41, 5.74) is 2.01. The van der Waals surface area contributed by atoms with Gasteiger partial charge in [0.25, 0.3) is 0 Å². The van der Waals surface area contributed by atoms with Crippen molar-refractivity contribution >= 4 is 39.1 Å². The van der Waals surface area contributed by atoms with Gasteiger partial charge in [0, 0.05) is 17.4 Å². The van der Waals surface area contributed by atoms with Gasteiger partial charge in [-0.2, -0.15) is 11.3 Å². The molecule has 1 aromatic carbocycles. The minimum Gasteiger partial charge on any atom is -0.480 e. The molecule has 0 saturated carbocycles. The molecule has 6 heteroatoms. The first kappa shape index (κ1) is 16.7. The van der Waals surface area contributed by atoms with Crippen LogP contribution in [0.5, 0.6) is 0 Å². The molecule has 0 unspecified atom stereocenters. The molecule has 0 aliphatic heterocycles. The molecular formula is C16H16BrNO3S. The maximum absolute atomic E-state index is 12.3. The molecule has 1 N–H and O–H groups in total. The lowest BCUT2D eigenvalue weighted by Crippen LogP contribution is -2.35. The van der Waals surface area contributed by atoms with Gasteiger partial charge >= 0.3 is 5.97 Å². The molecule has 2 aromatic rings. The fraction of sp³-hybridized carbons (Fsp3) is 0.250. The summed E-state index contributed by atoms with van der Waals surface area (Å²) in [4.78, 5) is 24.7. The monoisotopic (exact) mass is 381 g/mol. The van der Waals surface area contributed by atoms with Gasteiger partial charge in [-0.25, -0.2) is 0 Å². The van der Waals surface area contributed by atoms with Crippen molar-refractivity contribution in [2.24, 2.45) is 0 Å². The van der Waals surface area contributed by atoms with E-state index in [9.17, 15) is 9.59 Å². The molecule has 1 amide bonds. The van der Waals surface area contributed by atoms with Crippen molar-refractivity contribution in [2.75, 3.05) is 6.54 Å². The van der Waals surface area contributed by atoms with Crippen LogP contribution in [0.3, 0.4) is 0 Å². The van der Waals surface area contributed by atoms with E-state index in [2.05, 4.69) is 15.9 Å². The highest BCUT2D eigenvalue weighted by molar-refractivity contribution is 9.10. The standard InChI is InChI=1S/C16H16BrNO3S/c17-14-3-1-2-13(8-14)9-18(10-16(20)21)15(19)5-4-12-6-7-22-11-12/h1-3,6-8,11H,4-5,9-10H2,(H,20,21). The van der Waals surface area contributed by atoms with E-state index in [1.165, 1.54) is 4.90 Å². The second-order valence-electron chi connectivity index (χ2n) is 4.91. The molecule has 0 bridgehead atoms. The van der Waals surface area contributed by atoms with Crippen molar-refractivity contribution < 1.29 is 14.7 Å². The van der Waals surface area contributed by atoms with Crippen LogP contribution in [0.15, 0.2) is 45.6 Å². The number of aliphatic carboxylic acids is 1. The van der Waals surface area contributed by atoms with Gasteiger partial charge in [0.1, 0.15) is 6.54 Å². The number of carbonyl (C=O) groups excluding carboxylic acids is 1. The topological polar surface area (TPSA) is 57.6 Å². The Morgan fingerprint density at radius 3 is 2.68 bits per heavy atom. The number of benzene rings is 1. The van der Waals surface area contributed by atoms with Gasteiger partial charge in [0.05, 0.1) is 0 Å². The summed E-state index contributed by atoms with van der Waals surface area (Å²) in [7, 11) is 0. The average molecular weight is 382 g/mol. The number of thiophene rings is 1. The Bertz CT molecular complexity index is 643. The molecule has 22 heavy (non-hydrogen) atoms. The predicted molar refractivity (Wildman–Crippen MR) is 89.8 cm³/mol. The predicted octanol–water partition coefficient (Wildman–Crippen LogP) is 3.56. The third-order valence-electron chi connectivity index (χ3n) is 3.15. The Morgan fingerprint density at radius 2 is 2.05 bits per heavy atom. The van der Waals surface area contributed by atoms with E-state index < -0.39 is 5.97 Å². The summed E-state index contributed by atoms with van der Waals surface area (Å²) in [5.74, 6) is -1.15. The van der Waals surface area contributed by atoms with E-state index in [1.54, 1.807) is 11.3 Å². The number of aryl methyl sites for hydroxylation is 1. The summed E-state index contributed by atoms with van der Waals surface area (Å²) < 4.78 is 0.908. The number of halogens is 1. The molecule has 4 nitrogen and oxygen atoms in total. The van der Waals surface area contributed by atoms with Crippen LogP contribution in [-0.2, 0) is 22.6 Å². The van der Waals surface area contributed by atoms with Crippen molar-refractivity contribution in [1.29, 1.82) is 0 Å². The number of rotatable bonds is 7. The van der Waals surface area contributed by atoms with Crippen LogP contribution in [0.1, 0.15) is 17.5 Å². The largest absolute Gasteiger partial charge is 0.480 e. The van der Waals surface area contributed by atoms with Gasteiger partial charge in [0.2, 0.25) is 5.91 Å². The van der Waals surface area contributed by atoms with E-state index in [0.29, 0.717) is 19.4 Å². The highest BCUT2D eigenvalue weighted by atomic mass is 79.9. The molecule has 0 fully saturated rings. The fourth-order valence-electron chi connectivity index (χ4n) is 2.10. The summed E-state index contributed by atoms with van der Waals surface area (Å²) in [6.45, 7) is 0.0171. The minimum atomic E-state index is -1.00. The second-order valence-corrected chi connectivity index (χ2v) is 6.60. The SMILES string of the molecule is O=C(O)CN(Cc1cccc(Br)c1)C(=O)CCc1ccsc1. The maximum Gasteiger partial charge on any atom is 0.323 e. The Labute approximate surface area is 141 Å². The third kappa shape index (κ3) is 5.27. The molecule has 0 aliphatic carbocycles. The summed E-state index contributed by atoms with van der Waals surface area (Å²) >= 11 is 4.97. The molecule has 1 aromatic heterocycles. The van der Waals surface area contributed by atoms with Gasteiger partial charge in [-0.15, -0.1) is 0 Å². The van der Waals surface area contributed by atoms with Crippen molar-refractivity contribution in [1.82, 2.24) is 4.90 Å². The number of carbonyl (C=O) groups is 2. The normalized spacial score (nSPS) is 10.4. The van der Waals surface area contributed by atoms with Gasteiger partial charge in [-0.3, -0.25) is 9.59 Å². The molecule has 0 aliphatic rings. The van der Waals surface area contributed by atoms with Crippen molar-refractivity contribution in [3.05, 3.63) is 56.7 Å². The molecule has 1 heterocycles. The minimum absolute atomic E-state index is 0.145.